The highest BCUT2D eigenvalue weighted by Crippen LogP contribution is 2.58. The molecule has 11 heteroatoms. The molecule has 5 aromatic rings. The van der Waals surface area contributed by atoms with Crippen molar-refractivity contribution < 1.29 is 4.74 Å². The Labute approximate surface area is 199 Å². The molecule has 168 valence electrons. The van der Waals surface area contributed by atoms with Crippen molar-refractivity contribution in [2.75, 3.05) is 0 Å². The maximum absolute atomic E-state index is 6.87. The Bertz CT molecular complexity index is 1410. The van der Waals surface area contributed by atoms with Crippen LogP contribution < -0.4 is 0 Å². The van der Waals surface area contributed by atoms with Crippen LogP contribution in [0, 0.1) is 0 Å². The first-order chi connectivity index (χ1) is 17.4. The van der Waals surface area contributed by atoms with E-state index in [0.717, 1.165) is 0 Å². The second-order valence-corrected chi connectivity index (χ2v) is 7.55. The monoisotopic (exact) mass is 460 g/mol. The van der Waals surface area contributed by atoms with E-state index in [2.05, 4.69) is 50.5 Å². The molecular formula is C24H16N10O. The molecule has 0 spiro atoms. The van der Waals surface area contributed by atoms with E-state index >= 15 is 0 Å². The summed E-state index contributed by atoms with van der Waals surface area (Å²) >= 11 is 0. The van der Waals surface area contributed by atoms with Crippen LogP contribution in [0.4, 0.5) is 0 Å². The van der Waals surface area contributed by atoms with Gasteiger partial charge >= 0.3 is 0 Å². The summed E-state index contributed by atoms with van der Waals surface area (Å²) in [6, 6.07) is 12.8. The smallest absolute Gasteiger partial charge is 0.207 e. The molecule has 0 aliphatic carbocycles. The number of ether oxygens (including phenoxy) is 1. The van der Waals surface area contributed by atoms with E-state index < -0.39 is 11.5 Å². The van der Waals surface area contributed by atoms with Gasteiger partial charge in [-0.15, -0.1) is 10.2 Å². The van der Waals surface area contributed by atoms with Crippen molar-refractivity contribution in [3.63, 3.8) is 0 Å². The van der Waals surface area contributed by atoms with Gasteiger partial charge in [-0.25, -0.2) is 9.97 Å². The van der Waals surface area contributed by atoms with E-state index in [1.807, 2.05) is 30.3 Å². The van der Waals surface area contributed by atoms with Crippen molar-refractivity contribution in [1.29, 1.82) is 0 Å². The van der Waals surface area contributed by atoms with Crippen molar-refractivity contribution in [2.45, 2.75) is 11.5 Å². The Balaban J connectivity index is 1.73. The van der Waals surface area contributed by atoms with Crippen LogP contribution >= 0.6 is 0 Å². The SMILES string of the molecule is c1ccc(C2(c3ccnnn3)OC(c3ncccn3)=C(c3cnccn3)C2c2cccnn2)nc1. The Morgan fingerprint density at radius 1 is 0.686 bits per heavy atom. The van der Waals surface area contributed by atoms with E-state index in [-0.39, 0.29) is 0 Å². The first-order valence-electron chi connectivity index (χ1n) is 10.7. The number of hydrogen-bond donors (Lipinski definition) is 0. The summed E-state index contributed by atoms with van der Waals surface area (Å²) in [4.78, 5) is 22.5. The third kappa shape index (κ3) is 3.46. The van der Waals surface area contributed by atoms with Gasteiger partial charge in [-0.1, -0.05) is 6.07 Å². The van der Waals surface area contributed by atoms with Crippen LogP contribution in [-0.2, 0) is 10.3 Å². The van der Waals surface area contributed by atoms with Crippen molar-refractivity contribution >= 4 is 11.3 Å². The fraction of sp³-hybridized carbons (Fsp3) is 0.0833. The minimum absolute atomic E-state index is 0.377. The van der Waals surface area contributed by atoms with Gasteiger partial charge in [-0.2, -0.15) is 10.2 Å². The van der Waals surface area contributed by atoms with Crippen molar-refractivity contribution in [2.24, 2.45) is 0 Å². The summed E-state index contributed by atoms with van der Waals surface area (Å²) in [6.45, 7) is 0. The highest BCUT2D eigenvalue weighted by atomic mass is 16.5. The van der Waals surface area contributed by atoms with Crippen LogP contribution in [0.3, 0.4) is 0 Å². The van der Waals surface area contributed by atoms with Gasteiger partial charge in [0.05, 0.1) is 35.4 Å². The third-order valence-corrected chi connectivity index (χ3v) is 5.63. The number of hydrogen-bond acceptors (Lipinski definition) is 11. The second-order valence-electron chi connectivity index (χ2n) is 7.55. The number of aromatic nitrogens is 10. The van der Waals surface area contributed by atoms with E-state index in [0.29, 0.717) is 39.9 Å². The maximum atomic E-state index is 6.87. The normalized spacial score (nSPS) is 19.4. The standard InChI is InChI=1S/C24H16N10O/c1-2-8-27-18(6-1)24(19-7-12-31-34-33-19)21(16-5-3-11-30-32-16)20(17-15-25-13-14-26-17)22(35-24)23-28-9-4-10-29-23/h1-15,21H. The Morgan fingerprint density at radius 3 is 2.31 bits per heavy atom. The highest BCUT2D eigenvalue weighted by molar-refractivity contribution is 5.91. The fourth-order valence-corrected chi connectivity index (χ4v) is 4.27. The number of pyridine rings is 1. The molecule has 0 amide bonds. The lowest BCUT2D eigenvalue weighted by Gasteiger charge is -2.33. The summed E-state index contributed by atoms with van der Waals surface area (Å²) < 4.78 is 6.87. The van der Waals surface area contributed by atoms with E-state index in [1.165, 1.54) is 0 Å². The molecule has 0 saturated carbocycles. The minimum Gasteiger partial charge on any atom is -0.469 e. The van der Waals surface area contributed by atoms with Crippen molar-refractivity contribution in [3.8, 4) is 0 Å². The van der Waals surface area contributed by atoms with Gasteiger partial charge < -0.3 is 4.74 Å². The van der Waals surface area contributed by atoms with Crippen molar-refractivity contribution in [1.82, 2.24) is 50.5 Å². The van der Waals surface area contributed by atoms with Crippen LogP contribution in [0.25, 0.3) is 11.3 Å². The fourth-order valence-electron chi connectivity index (χ4n) is 4.27. The topological polar surface area (TPSA) is 138 Å². The lowest BCUT2D eigenvalue weighted by molar-refractivity contribution is 0.0724. The van der Waals surface area contributed by atoms with Crippen molar-refractivity contribution in [3.05, 3.63) is 121 Å². The van der Waals surface area contributed by atoms with Crippen LogP contribution in [-0.4, -0.2) is 50.5 Å². The number of rotatable bonds is 5. The van der Waals surface area contributed by atoms with Crippen LogP contribution in [0.15, 0.2) is 92.0 Å². The molecule has 1 aliphatic heterocycles. The molecule has 2 atom stereocenters. The lowest BCUT2D eigenvalue weighted by Crippen LogP contribution is -2.37. The Morgan fingerprint density at radius 2 is 1.60 bits per heavy atom. The van der Waals surface area contributed by atoms with Gasteiger partial charge in [-0.05, 0) is 41.6 Å². The molecule has 0 aromatic carbocycles. The molecule has 1 aliphatic rings. The predicted octanol–water partition coefficient (Wildman–Crippen LogP) is 2.26. The van der Waals surface area contributed by atoms with E-state index in [4.69, 9.17) is 4.74 Å². The average Bonchev–Trinajstić information content (AvgIpc) is 3.33. The second kappa shape index (κ2) is 8.71. The molecule has 0 N–H and O–H groups in total. The Kier molecular flexibility index (Phi) is 5.11. The first-order valence-corrected chi connectivity index (χ1v) is 10.7. The Hall–Kier alpha value is -5.06. The third-order valence-electron chi connectivity index (χ3n) is 5.63. The molecular weight excluding hydrogens is 444 g/mol. The molecule has 0 radical (unpaired) electrons. The lowest BCUT2D eigenvalue weighted by atomic mass is 9.75. The zero-order valence-electron chi connectivity index (χ0n) is 18.1. The molecule has 6 heterocycles. The largest absolute Gasteiger partial charge is 0.469 e. The molecule has 0 bridgehead atoms. The van der Waals surface area contributed by atoms with Crippen LogP contribution in [0.2, 0.25) is 0 Å². The van der Waals surface area contributed by atoms with Gasteiger partial charge in [0.2, 0.25) is 5.60 Å². The van der Waals surface area contributed by atoms with Crippen LogP contribution in [0.1, 0.15) is 34.5 Å². The van der Waals surface area contributed by atoms with Gasteiger partial charge in [0.1, 0.15) is 5.69 Å². The summed E-state index contributed by atoms with van der Waals surface area (Å²) in [5, 5.41) is 20.7. The maximum Gasteiger partial charge on any atom is 0.207 e. The quantitative estimate of drug-likeness (QED) is 0.382. The number of nitrogens with zero attached hydrogens (tertiary/aromatic N) is 10. The first kappa shape index (κ1) is 20.5. The predicted molar refractivity (Wildman–Crippen MR) is 122 cm³/mol. The van der Waals surface area contributed by atoms with Gasteiger partial charge in [-0.3, -0.25) is 15.0 Å². The highest BCUT2D eigenvalue weighted by Gasteiger charge is 2.57. The summed E-state index contributed by atoms with van der Waals surface area (Å²) in [7, 11) is 0. The molecule has 0 saturated heterocycles. The minimum atomic E-state index is -1.30. The zero-order chi connectivity index (χ0) is 23.5. The molecule has 2 unspecified atom stereocenters. The van der Waals surface area contributed by atoms with E-state index in [9.17, 15) is 0 Å². The molecule has 5 aromatic heterocycles. The molecule has 0 fully saturated rings. The summed E-state index contributed by atoms with van der Waals surface area (Å²) in [6.07, 6.45) is 13.1. The summed E-state index contributed by atoms with van der Waals surface area (Å²) in [5.41, 5.74) is 1.63. The molecule has 35 heavy (non-hydrogen) atoms. The van der Waals surface area contributed by atoms with E-state index in [1.54, 1.807) is 61.7 Å². The molecule has 11 nitrogen and oxygen atoms in total. The van der Waals surface area contributed by atoms with Gasteiger partial charge in [0, 0.05) is 42.8 Å². The summed E-state index contributed by atoms with van der Waals surface area (Å²) in [5.74, 6) is 0.186. The van der Waals surface area contributed by atoms with Crippen LogP contribution in [0.5, 0.6) is 0 Å². The average molecular weight is 460 g/mol. The van der Waals surface area contributed by atoms with Gasteiger partial charge in [0.25, 0.3) is 0 Å². The zero-order valence-corrected chi connectivity index (χ0v) is 18.1. The van der Waals surface area contributed by atoms with Gasteiger partial charge in [0.15, 0.2) is 11.6 Å². The molecule has 6 rings (SSSR count).